The maximum Gasteiger partial charge on any atom is 0.0175 e. The molecule has 0 bridgehead atoms. The first-order valence-corrected chi connectivity index (χ1v) is 6.98. The molecule has 3 N–H and O–H groups in total. The maximum absolute atomic E-state index is 5.59. The number of rotatable bonds is 7. The highest BCUT2D eigenvalue weighted by Gasteiger charge is 2.15. The Kier molecular flexibility index (Phi) is 6.17. The highest BCUT2D eigenvalue weighted by molar-refractivity contribution is 9.10. The summed E-state index contributed by atoms with van der Waals surface area (Å²) >= 11 is 3.44. The van der Waals surface area contributed by atoms with Crippen LogP contribution in [0.4, 0.5) is 0 Å². The van der Waals surface area contributed by atoms with Gasteiger partial charge in [-0.1, -0.05) is 41.9 Å². The molecule has 0 aliphatic rings. The Hall–Kier alpha value is -0.380. The Balaban J connectivity index is 2.22. The van der Waals surface area contributed by atoms with Crippen LogP contribution in [0.3, 0.4) is 0 Å². The molecule has 0 heterocycles. The van der Waals surface area contributed by atoms with E-state index < -0.39 is 0 Å². The molecule has 0 unspecified atom stereocenters. The molecule has 0 atom stereocenters. The second kappa shape index (κ2) is 7.14. The fourth-order valence-corrected chi connectivity index (χ4v) is 2.05. The van der Waals surface area contributed by atoms with Crippen LogP contribution in [0.15, 0.2) is 28.7 Å². The standard InChI is InChI=1S/C14H23BrN2/c1-14(2,8-9-16)11-17-10-7-12-3-5-13(15)6-4-12/h3-6,17H,7-11,16H2,1-2H3. The van der Waals surface area contributed by atoms with Crippen molar-refractivity contribution in [2.24, 2.45) is 11.1 Å². The van der Waals surface area contributed by atoms with Gasteiger partial charge in [-0.3, -0.25) is 0 Å². The molecule has 0 aliphatic carbocycles. The van der Waals surface area contributed by atoms with Crippen molar-refractivity contribution in [2.45, 2.75) is 26.7 Å². The van der Waals surface area contributed by atoms with Crippen LogP contribution in [0.25, 0.3) is 0 Å². The van der Waals surface area contributed by atoms with Gasteiger partial charge in [0.1, 0.15) is 0 Å². The lowest BCUT2D eigenvalue weighted by Crippen LogP contribution is -2.32. The smallest absolute Gasteiger partial charge is 0.0175 e. The molecule has 0 saturated carbocycles. The van der Waals surface area contributed by atoms with Crippen molar-refractivity contribution >= 4 is 15.9 Å². The first kappa shape index (κ1) is 14.7. The van der Waals surface area contributed by atoms with Gasteiger partial charge in [0.05, 0.1) is 0 Å². The van der Waals surface area contributed by atoms with Gasteiger partial charge < -0.3 is 11.1 Å². The summed E-state index contributed by atoms with van der Waals surface area (Å²) < 4.78 is 1.14. The highest BCUT2D eigenvalue weighted by Crippen LogP contribution is 2.17. The van der Waals surface area contributed by atoms with Crippen LogP contribution in [0.5, 0.6) is 0 Å². The number of nitrogens with one attached hydrogen (secondary N) is 1. The van der Waals surface area contributed by atoms with Crippen LogP contribution in [0.2, 0.25) is 0 Å². The third-order valence-corrected chi connectivity index (χ3v) is 3.46. The minimum Gasteiger partial charge on any atom is -0.330 e. The molecule has 0 aromatic heterocycles. The quantitative estimate of drug-likeness (QED) is 0.760. The molecule has 17 heavy (non-hydrogen) atoms. The second-order valence-electron chi connectivity index (χ2n) is 5.26. The predicted molar refractivity (Wildman–Crippen MR) is 78.2 cm³/mol. The maximum atomic E-state index is 5.59. The molecule has 0 amide bonds. The number of benzene rings is 1. The molecular formula is C14H23BrN2. The fourth-order valence-electron chi connectivity index (χ4n) is 1.79. The van der Waals surface area contributed by atoms with E-state index in [0.29, 0.717) is 5.41 Å². The van der Waals surface area contributed by atoms with E-state index in [4.69, 9.17) is 5.73 Å². The first-order chi connectivity index (χ1) is 8.03. The van der Waals surface area contributed by atoms with E-state index in [9.17, 15) is 0 Å². The summed E-state index contributed by atoms with van der Waals surface area (Å²) in [5.41, 5.74) is 7.26. The minimum absolute atomic E-state index is 0.300. The van der Waals surface area contributed by atoms with E-state index >= 15 is 0 Å². The van der Waals surface area contributed by atoms with Gasteiger partial charge in [-0.15, -0.1) is 0 Å². The van der Waals surface area contributed by atoms with Crippen molar-refractivity contribution in [1.29, 1.82) is 0 Å². The second-order valence-corrected chi connectivity index (χ2v) is 6.17. The summed E-state index contributed by atoms with van der Waals surface area (Å²) in [6.45, 7) is 7.33. The van der Waals surface area contributed by atoms with E-state index in [1.54, 1.807) is 0 Å². The van der Waals surface area contributed by atoms with Crippen molar-refractivity contribution < 1.29 is 0 Å². The van der Waals surface area contributed by atoms with Gasteiger partial charge in [0.15, 0.2) is 0 Å². The van der Waals surface area contributed by atoms with Crippen molar-refractivity contribution in [3.05, 3.63) is 34.3 Å². The predicted octanol–water partition coefficient (Wildman–Crippen LogP) is 2.96. The van der Waals surface area contributed by atoms with Crippen LogP contribution < -0.4 is 11.1 Å². The molecule has 1 aromatic carbocycles. The zero-order chi connectivity index (χ0) is 12.7. The average molecular weight is 299 g/mol. The first-order valence-electron chi connectivity index (χ1n) is 6.19. The number of hydrogen-bond acceptors (Lipinski definition) is 2. The van der Waals surface area contributed by atoms with Crippen molar-refractivity contribution in [3.63, 3.8) is 0 Å². The molecule has 2 nitrogen and oxygen atoms in total. The van der Waals surface area contributed by atoms with Gasteiger partial charge >= 0.3 is 0 Å². The van der Waals surface area contributed by atoms with Gasteiger partial charge in [0.2, 0.25) is 0 Å². The molecule has 0 spiro atoms. The van der Waals surface area contributed by atoms with Gasteiger partial charge in [-0.05, 0) is 49.0 Å². The summed E-state index contributed by atoms with van der Waals surface area (Å²) in [6, 6.07) is 8.51. The van der Waals surface area contributed by atoms with Crippen molar-refractivity contribution in [1.82, 2.24) is 5.32 Å². The molecular weight excluding hydrogens is 276 g/mol. The van der Waals surface area contributed by atoms with E-state index in [2.05, 4.69) is 59.4 Å². The Labute approximate surface area is 113 Å². The number of hydrogen-bond donors (Lipinski definition) is 2. The summed E-state index contributed by atoms with van der Waals surface area (Å²) in [6.07, 6.45) is 2.14. The fraction of sp³-hybridized carbons (Fsp3) is 0.571. The molecule has 96 valence electrons. The molecule has 0 saturated heterocycles. The van der Waals surface area contributed by atoms with Crippen molar-refractivity contribution in [3.8, 4) is 0 Å². The zero-order valence-electron chi connectivity index (χ0n) is 10.8. The minimum atomic E-state index is 0.300. The van der Waals surface area contributed by atoms with Crippen LogP contribution >= 0.6 is 15.9 Å². The Morgan fingerprint density at radius 2 is 1.88 bits per heavy atom. The molecule has 0 fully saturated rings. The van der Waals surface area contributed by atoms with Crippen molar-refractivity contribution in [2.75, 3.05) is 19.6 Å². The van der Waals surface area contributed by atoms with Gasteiger partial charge in [-0.25, -0.2) is 0 Å². The van der Waals surface area contributed by atoms with E-state index in [0.717, 1.165) is 36.9 Å². The average Bonchev–Trinajstić information content (AvgIpc) is 2.27. The SMILES string of the molecule is CC(C)(CCN)CNCCc1ccc(Br)cc1. The van der Waals surface area contributed by atoms with E-state index in [1.807, 2.05) is 0 Å². The zero-order valence-corrected chi connectivity index (χ0v) is 12.4. The summed E-state index contributed by atoms with van der Waals surface area (Å²) in [4.78, 5) is 0. The molecule has 3 heteroatoms. The number of nitrogens with two attached hydrogens (primary N) is 1. The van der Waals surface area contributed by atoms with Crippen LogP contribution in [-0.2, 0) is 6.42 Å². The van der Waals surface area contributed by atoms with E-state index in [-0.39, 0.29) is 0 Å². The third kappa shape index (κ3) is 6.20. The van der Waals surface area contributed by atoms with Gasteiger partial charge in [-0.2, -0.15) is 0 Å². The summed E-state index contributed by atoms with van der Waals surface area (Å²) in [5, 5.41) is 3.51. The van der Waals surface area contributed by atoms with Gasteiger partial charge in [0.25, 0.3) is 0 Å². The van der Waals surface area contributed by atoms with Crippen LogP contribution in [0.1, 0.15) is 25.8 Å². The third-order valence-electron chi connectivity index (χ3n) is 2.93. The molecule has 0 radical (unpaired) electrons. The monoisotopic (exact) mass is 298 g/mol. The summed E-state index contributed by atoms with van der Waals surface area (Å²) in [5.74, 6) is 0. The van der Waals surface area contributed by atoms with E-state index in [1.165, 1.54) is 5.56 Å². The lowest BCUT2D eigenvalue weighted by molar-refractivity contribution is 0.321. The molecule has 0 aliphatic heterocycles. The highest BCUT2D eigenvalue weighted by atomic mass is 79.9. The number of halogens is 1. The lowest BCUT2D eigenvalue weighted by Gasteiger charge is -2.24. The Bertz CT molecular complexity index is 319. The van der Waals surface area contributed by atoms with Crippen LogP contribution in [0, 0.1) is 5.41 Å². The molecule has 1 aromatic rings. The Morgan fingerprint density at radius 1 is 1.24 bits per heavy atom. The topological polar surface area (TPSA) is 38.0 Å². The lowest BCUT2D eigenvalue weighted by atomic mass is 9.89. The largest absolute Gasteiger partial charge is 0.330 e. The Morgan fingerprint density at radius 3 is 2.47 bits per heavy atom. The van der Waals surface area contributed by atoms with Crippen LogP contribution in [-0.4, -0.2) is 19.6 Å². The van der Waals surface area contributed by atoms with Gasteiger partial charge in [0, 0.05) is 11.0 Å². The summed E-state index contributed by atoms with van der Waals surface area (Å²) in [7, 11) is 0. The normalized spacial score (nSPS) is 11.8. The molecule has 1 rings (SSSR count).